The minimum atomic E-state index is -1.41. The lowest BCUT2D eigenvalue weighted by Crippen LogP contribution is -2.52. The molecule has 5 amide bonds. The van der Waals surface area contributed by atoms with Crippen LogP contribution in [0.4, 0.5) is 4.79 Å². The van der Waals surface area contributed by atoms with Gasteiger partial charge >= 0.3 is 6.03 Å². The second-order valence-corrected chi connectivity index (χ2v) is 22.4. The van der Waals surface area contributed by atoms with Crippen molar-refractivity contribution in [3.8, 4) is 45.5 Å². The van der Waals surface area contributed by atoms with Gasteiger partial charge in [0.05, 0.1) is 17.6 Å². The Morgan fingerprint density at radius 1 is 0.945 bits per heavy atom. The zero-order valence-corrected chi connectivity index (χ0v) is 42.6. The molecule has 7 N–H and O–H groups in total. The fourth-order valence-electron chi connectivity index (χ4n) is 11.6. The van der Waals surface area contributed by atoms with Gasteiger partial charge in [-0.15, -0.1) is 0 Å². The number of hydrogen-bond acceptors (Lipinski definition) is 12. The molecular formula is C53H54Cl2N8O9S. The van der Waals surface area contributed by atoms with Crippen LogP contribution in [0.15, 0.2) is 63.4 Å². The van der Waals surface area contributed by atoms with E-state index >= 15 is 0 Å². The molecule has 2 fully saturated rings. The second-order valence-electron chi connectivity index (χ2n) is 20.4. The maximum Gasteiger partial charge on any atom is 0.315 e. The summed E-state index contributed by atoms with van der Waals surface area (Å²) in [4.78, 5) is 66.0. The first-order chi connectivity index (χ1) is 35.3. The minimum Gasteiger partial charge on any atom is -0.453 e. The van der Waals surface area contributed by atoms with E-state index in [1.807, 2.05) is 80.2 Å². The van der Waals surface area contributed by atoms with Crippen LogP contribution in [-0.4, -0.2) is 91.9 Å². The van der Waals surface area contributed by atoms with Gasteiger partial charge in [-0.25, -0.2) is 9.78 Å². The number of unbranched alkanes of at least 4 members (excludes halogenated alkanes) is 2. The number of rotatable bonds is 14. The highest BCUT2D eigenvalue weighted by Gasteiger charge is 2.63. The molecule has 9 heterocycles. The Morgan fingerprint density at radius 2 is 1.78 bits per heavy atom. The molecule has 1 spiro atoms. The fourth-order valence-corrected chi connectivity index (χ4v) is 13.7. The predicted molar refractivity (Wildman–Crippen MR) is 273 cm³/mol. The number of ether oxygens (including phenoxy) is 2. The molecule has 3 aromatic carbocycles. The lowest BCUT2D eigenvalue weighted by atomic mass is 9.72. The maximum atomic E-state index is 14.6. The number of para-hydroxylation sites is 1. The Kier molecular flexibility index (Phi) is 12.2. The first-order valence-corrected chi connectivity index (χ1v) is 26.9. The number of thioether (sulfide) groups is 1. The van der Waals surface area contributed by atoms with Crippen LogP contribution in [0.2, 0.25) is 10.3 Å². The highest BCUT2D eigenvalue weighted by molar-refractivity contribution is 8.00. The van der Waals surface area contributed by atoms with Crippen molar-refractivity contribution in [1.82, 2.24) is 41.5 Å². The van der Waals surface area contributed by atoms with Gasteiger partial charge in [0.15, 0.2) is 27.8 Å². The predicted octanol–water partition coefficient (Wildman–Crippen LogP) is 8.07. The zero-order valence-electron chi connectivity index (χ0n) is 40.2. The van der Waals surface area contributed by atoms with E-state index in [1.54, 1.807) is 6.92 Å². The highest BCUT2D eigenvalue weighted by atomic mass is 35.5. The van der Waals surface area contributed by atoms with Crippen molar-refractivity contribution in [2.45, 2.75) is 119 Å². The Morgan fingerprint density at radius 3 is 2.63 bits per heavy atom. The number of oxazole rings is 2. The SMILES string of the molecule is CC(CCCCNC(=O)CCCC[C@@H]1SC[C@@H]2NC(=O)N[C@@H]21)[C@H](O)C(=O)N[C@H]1Cc2ccc3c(c2)[C@]24c5cccc(c5O[C@@H]2O3)-c2cccc3[nH]c(Cl)c(c23)-c2oc(nc2Cl)-c2nc(oc24)[C@H](C(C)C)NC1=O. The van der Waals surface area contributed by atoms with Crippen molar-refractivity contribution >= 4 is 69.6 Å². The Balaban J connectivity index is 0.792. The zero-order chi connectivity index (χ0) is 50.4. The van der Waals surface area contributed by atoms with Crippen LogP contribution in [0, 0.1) is 11.8 Å². The molecule has 9 atom stereocenters. The number of carbonyl (C=O) groups excluding carboxylic acids is 4. The molecule has 2 saturated heterocycles. The summed E-state index contributed by atoms with van der Waals surface area (Å²) < 4.78 is 27.4. The molecule has 20 heteroatoms. The first kappa shape index (κ1) is 47.8. The van der Waals surface area contributed by atoms with Crippen molar-refractivity contribution in [1.29, 1.82) is 0 Å². The number of nitrogens with one attached hydrogen (secondary N) is 6. The van der Waals surface area contributed by atoms with Crippen LogP contribution in [0.1, 0.15) is 100 Å². The second kappa shape index (κ2) is 18.6. The summed E-state index contributed by atoms with van der Waals surface area (Å²) >= 11 is 15.8. The molecule has 380 valence electrons. The fraction of sp³-hybridized carbons (Fsp3) is 0.434. The number of amides is 5. The number of carbonyl (C=O) groups is 4. The number of urea groups is 1. The van der Waals surface area contributed by atoms with E-state index in [0.29, 0.717) is 76.6 Å². The Labute approximate surface area is 434 Å². The van der Waals surface area contributed by atoms with E-state index in [-0.39, 0.29) is 64.7 Å². The standard InChI is InChI=1S/C53H54Cl2N8O9S/c1-23(2)38-49-61-40-44(72-49)53-28-13-8-12-27(26-11-9-14-30-36(26)37(45(54)57-30)43-46(55)63-50(40)70-43)42(28)71-51(53)69-33-18-17-25(20-29(33)53)21-31(47(66)60-38)58-48(67)41(65)24(3)10-6-7-19-56-35(64)16-5-4-15-34-39-32(22-73-34)59-52(68)62-39/h8-9,11-14,17-18,20,23-24,31-32,34,38-39,41,51,57,65H,4-7,10,15-16,19,21-22H2,1-3H3,(H,56,64)(H,58,67)(H,60,66)(H2,59,62,68)/t24?,31-,32-,34-,38-,39-,41-,51-,53-/m0/s1. The highest BCUT2D eigenvalue weighted by Crippen LogP contribution is 2.63. The van der Waals surface area contributed by atoms with Crippen LogP contribution in [-0.2, 0) is 26.2 Å². The van der Waals surface area contributed by atoms with Crippen molar-refractivity contribution in [2.24, 2.45) is 11.8 Å². The molecule has 17 nitrogen and oxygen atoms in total. The Hall–Kier alpha value is -6.21. The summed E-state index contributed by atoms with van der Waals surface area (Å²) in [7, 11) is 0. The van der Waals surface area contributed by atoms with Crippen LogP contribution < -0.4 is 36.1 Å². The van der Waals surface area contributed by atoms with Gasteiger partial charge in [0, 0.05) is 58.0 Å². The van der Waals surface area contributed by atoms with Crippen molar-refractivity contribution in [2.75, 3.05) is 12.3 Å². The topological polar surface area (TPSA) is 235 Å². The largest absolute Gasteiger partial charge is 0.453 e. The average molecular weight is 1050 g/mol. The molecule has 3 aromatic heterocycles. The van der Waals surface area contributed by atoms with E-state index in [9.17, 15) is 24.3 Å². The lowest BCUT2D eigenvalue weighted by molar-refractivity contribution is -0.136. The number of fused-ring (bicyclic) bond motifs is 8. The summed E-state index contributed by atoms with van der Waals surface area (Å²) in [6.45, 7) is 6.13. The molecule has 12 rings (SSSR count). The summed E-state index contributed by atoms with van der Waals surface area (Å²) in [5, 5.41) is 27.9. The van der Waals surface area contributed by atoms with Gasteiger partial charge in [-0.2, -0.15) is 16.7 Å². The molecule has 1 unspecified atom stereocenters. The van der Waals surface area contributed by atoms with Crippen molar-refractivity contribution in [3.63, 3.8) is 0 Å². The number of halogens is 2. The quantitative estimate of drug-likeness (QED) is 0.0405. The molecular weight excluding hydrogens is 996 g/mol. The van der Waals surface area contributed by atoms with E-state index in [1.165, 1.54) is 0 Å². The number of hydrogen-bond donors (Lipinski definition) is 7. The van der Waals surface area contributed by atoms with E-state index in [0.717, 1.165) is 52.6 Å². The van der Waals surface area contributed by atoms with Gasteiger partial charge in [0.1, 0.15) is 34.8 Å². The molecule has 6 aromatic rings. The van der Waals surface area contributed by atoms with Gasteiger partial charge in [0.25, 0.3) is 12.2 Å². The minimum absolute atomic E-state index is 0.00587. The van der Waals surface area contributed by atoms with Gasteiger partial charge in [0.2, 0.25) is 23.6 Å². The summed E-state index contributed by atoms with van der Waals surface area (Å²) in [5.41, 5.74) is 3.87. The van der Waals surface area contributed by atoms with E-state index < -0.39 is 47.6 Å². The number of aliphatic hydroxyl groups excluding tert-OH is 1. The third-order valence-electron chi connectivity index (χ3n) is 15.4. The van der Waals surface area contributed by atoms with Crippen LogP contribution in [0.5, 0.6) is 11.5 Å². The van der Waals surface area contributed by atoms with Crippen LogP contribution in [0.3, 0.4) is 0 Å². The van der Waals surface area contributed by atoms with E-state index in [2.05, 4.69) is 31.6 Å². The van der Waals surface area contributed by atoms with E-state index in [4.69, 9.17) is 51.5 Å². The number of aromatic amines is 1. The molecule has 73 heavy (non-hydrogen) atoms. The summed E-state index contributed by atoms with van der Waals surface area (Å²) in [5.74, 6) is 0.831. The normalized spacial score (nSPS) is 24.5. The van der Waals surface area contributed by atoms with Crippen LogP contribution >= 0.6 is 35.0 Å². The molecule has 0 saturated carbocycles. The van der Waals surface area contributed by atoms with Crippen molar-refractivity contribution < 1.29 is 42.6 Å². The molecule has 0 aliphatic carbocycles. The number of aromatic nitrogens is 3. The molecule has 6 aliphatic heterocycles. The number of nitrogens with zero attached hydrogens (tertiary/aromatic N) is 2. The smallest absolute Gasteiger partial charge is 0.315 e. The molecule has 10 bridgehead atoms. The summed E-state index contributed by atoms with van der Waals surface area (Å²) in [6, 6.07) is 15.7. The van der Waals surface area contributed by atoms with Crippen LogP contribution in [0.25, 0.3) is 44.9 Å². The number of aliphatic hydroxyl groups is 1. The third-order valence-corrected chi connectivity index (χ3v) is 17.5. The number of H-pyrrole nitrogens is 1. The summed E-state index contributed by atoms with van der Waals surface area (Å²) in [6.07, 6.45) is 2.59. The van der Waals surface area contributed by atoms with Crippen molar-refractivity contribution in [3.05, 3.63) is 93.2 Å². The van der Waals surface area contributed by atoms with Gasteiger partial charge < -0.3 is 55.0 Å². The lowest BCUT2D eigenvalue weighted by Gasteiger charge is -2.28. The monoisotopic (exact) mass is 1050 g/mol. The third kappa shape index (κ3) is 8.01. The molecule has 6 aliphatic rings. The maximum absolute atomic E-state index is 14.6. The van der Waals surface area contributed by atoms with Gasteiger partial charge in [-0.3, -0.25) is 14.4 Å². The Bertz CT molecular complexity index is 3230. The molecule has 0 radical (unpaired) electrons. The first-order valence-electron chi connectivity index (χ1n) is 25.1. The van der Waals surface area contributed by atoms with Gasteiger partial charge in [-0.1, -0.05) is 99.3 Å². The number of benzene rings is 3. The average Bonchev–Trinajstić information content (AvgIpc) is 4.25. The van der Waals surface area contributed by atoms with Gasteiger partial charge in [-0.05, 0) is 60.8 Å².